The summed E-state index contributed by atoms with van der Waals surface area (Å²) >= 11 is 0. The van der Waals surface area contributed by atoms with Gasteiger partial charge in [-0.15, -0.1) is 0 Å². The monoisotopic (exact) mass is 337 g/mol. The van der Waals surface area contributed by atoms with Gasteiger partial charge in [0.1, 0.15) is 0 Å². The molecule has 4 aromatic rings. The number of para-hydroxylation sites is 1. The molecule has 0 fully saturated rings. The Hall–Kier alpha value is -3.06. The van der Waals surface area contributed by atoms with Gasteiger partial charge >= 0.3 is 0 Å². The Bertz CT molecular complexity index is 1190. The molecule has 0 bridgehead atoms. The van der Waals surface area contributed by atoms with Crippen LogP contribution in [-0.2, 0) is 0 Å². The summed E-state index contributed by atoms with van der Waals surface area (Å²) in [7, 11) is 0. The fraction of sp³-hybridized carbons (Fsp3) is 0.120. The van der Waals surface area contributed by atoms with E-state index in [0.29, 0.717) is 0 Å². The first-order valence-electron chi connectivity index (χ1n) is 9.25. The van der Waals surface area contributed by atoms with Crippen molar-refractivity contribution in [3.8, 4) is 0 Å². The Morgan fingerprint density at radius 3 is 2.12 bits per heavy atom. The molecule has 0 saturated heterocycles. The van der Waals surface area contributed by atoms with E-state index in [2.05, 4.69) is 98.0 Å². The van der Waals surface area contributed by atoms with E-state index in [-0.39, 0.29) is 0 Å². The van der Waals surface area contributed by atoms with Crippen molar-refractivity contribution in [1.82, 2.24) is 0 Å². The summed E-state index contributed by atoms with van der Waals surface area (Å²) in [5.41, 5.74) is 2.22. The van der Waals surface area contributed by atoms with Gasteiger partial charge < -0.3 is 5.32 Å². The number of anilines is 2. The van der Waals surface area contributed by atoms with Crippen molar-refractivity contribution in [2.75, 3.05) is 5.32 Å². The van der Waals surface area contributed by atoms with Crippen LogP contribution in [0.15, 0.2) is 72.8 Å². The highest BCUT2D eigenvalue weighted by Gasteiger charge is 2.06. The zero-order valence-electron chi connectivity index (χ0n) is 15.3. The second-order valence-corrected chi connectivity index (χ2v) is 6.53. The van der Waals surface area contributed by atoms with Crippen LogP contribution < -0.4 is 15.8 Å². The molecule has 0 aromatic heterocycles. The lowest BCUT2D eigenvalue weighted by atomic mass is 9.96. The zero-order chi connectivity index (χ0) is 17.9. The molecule has 26 heavy (non-hydrogen) atoms. The van der Waals surface area contributed by atoms with Crippen LogP contribution >= 0.6 is 0 Å². The number of fused-ring (bicyclic) bond motifs is 3. The Balaban J connectivity index is 2.04. The van der Waals surface area contributed by atoms with Gasteiger partial charge in [0.2, 0.25) is 0 Å². The minimum Gasteiger partial charge on any atom is -0.356 e. The molecular weight excluding hydrogens is 314 g/mol. The molecule has 0 amide bonds. The van der Waals surface area contributed by atoms with Crippen LogP contribution in [0.2, 0.25) is 0 Å². The van der Waals surface area contributed by atoms with Crippen LogP contribution in [0.4, 0.5) is 11.4 Å². The molecule has 4 aromatic carbocycles. The molecule has 0 unspecified atom stereocenters. The number of benzene rings is 4. The van der Waals surface area contributed by atoms with E-state index in [9.17, 15) is 0 Å². The predicted octanol–water partition coefficient (Wildman–Crippen LogP) is 5.73. The van der Waals surface area contributed by atoms with E-state index in [0.717, 1.165) is 17.8 Å². The van der Waals surface area contributed by atoms with E-state index < -0.39 is 0 Å². The smallest absolute Gasteiger partial charge is 0.0390 e. The van der Waals surface area contributed by atoms with Crippen molar-refractivity contribution in [1.29, 1.82) is 0 Å². The summed E-state index contributed by atoms with van der Waals surface area (Å²) in [5.74, 6) is 0. The molecule has 0 aliphatic heterocycles. The average molecular weight is 337 g/mol. The van der Waals surface area contributed by atoms with Gasteiger partial charge in [0.05, 0.1) is 0 Å². The molecule has 4 rings (SSSR count). The quantitative estimate of drug-likeness (QED) is 0.471. The van der Waals surface area contributed by atoms with Crippen LogP contribution in [0, 0.1) is 0 Å². The second kappa shape index (κ2) is 7.05. The molecule has 128 valence electrons. The predicted molar refractivity (Wildman–Crippen MR) is 115 cm³/mol. The van der Waals surface area contributed by atoms with E-state index in [4.69, 9.17) is 0 Å². The zero-order valence-corrected chi connectivity index (χ0v) is 15.3. The second-order valence-electron chi connectivity index (χ2n) is 6.53. The molecule has 1 nitrogen and oxygen atoms in total. The topological polar surface area (TPSA) is 12.0 Å². The van der Waals surface area contributed by atoms with Crippen molar-refractivity contribution >= 4 is 45.1 Å². The third-order valence-corrected chi connectivity index (χ3v) is 4.87. The van der Waals surface area contributed by atoms with Crippen molar-refractivity contribution in [2.24, 2.45) is 0 Å². The van der Waals surface area contributed by atoms with Crippen molar-refractivity contribution in [3.63, 3.8) is 0 Å². The fourth-order valence-electron chi connectivity index (χ4n) is 3.75. The van der Waals surface area contributed by atoms with Crippen LogP contribution in [0.3, 0.4) is 0 Å². The number of nitrogens with one attached hydrogen (secondary N) is 1. The van der Waals surface area contributed by atoms with Gasteiger partial charge in [0.25, 0.3) is 0 Å². The van der Waals surface area contributed by atoms with Gasteiger partial charge in [0.15, 0.2) is 0 Å². The van der Waals surface area contributed by atoms with E-state index >= 15 is 0 Å². The molecular formula is C25H23N. The average Bonchev–Trinajstić information content (AvgIpc) is 2.69. The van der Waals surface area contributed by atoms with Crippen molar-refractivity contribution in [2.45, 2.75) is 20.3 Å². The maximum absolute atomic E-state index is 3.52. The Morgan fingerprint density at radius 1 is 0.692 bits per heavy atom. The summed E-state index contributed by atoms with van der Waals surface area (Å²) in [4.78, 5) is 0. The summed E-state index contributed by atoms with van der Waals surface area (Å²) in [6.07, 6.45) is 5.60. The molecule has 0 aliphatic rings. The Kier molecular flexibility index (Phi) is 4.45. The molecule has 1 N–H and O–H groups in total. The highest BCUT2D eigenvalue weighted by Crippen LogP contribution is 2.25. The molecule has 0 radical (unpaired) electrons. The van der Waals surface area contributed by atoms with Gasteiger partial charge in [-0.05, 0) is 69.6 Å². The molecule has 0 saturated carbocycles. The van der Waals surface area contributed by atoms with Crippen LogP contribution in [0.1, 0.15) is 20.3 Å². The molecule has 0 spiro atoms. The molecule has 1 heteroatoms. The summed E-state index contributed by atoms with van der Waals surface area (Å²) in [6.45, 7) is 4.33. The third kappa shape index (κ3) is 2.86. The molecule has 0 atom stereocenters. The first-order valence-corrected chi connectivity index (χ1v) is 9.25. The maximum atomic E-state index is 3.52. The minimum atomic E-state index is 1.03. The van der Waals surface area contributed by atoms with Crippen molar-refractivity contribution < 1.29 is 0 Å². The first kappa shape index (κ1) is 16.4. The fourth-order valence-corrected chi connectivity index (χ4v) is 3.75. The minimum absolute atomic E-state index is 1.03. The Labute approximate surface area is 154 Å². The summed E-state index contributed by atoms with van der Waals surface area (Å²) in [5, 5.41) is 11.4. The highest BCUT2D eigenvalue weighted by molar-refractivity contribution is 6.09. The number of hydrogen-bond donors (Lipinski definition) is 1. The van der Waals surface area contributed by atoms with E-state index in [1.54, 1.807) is 0 Å². The van der Waals surface area contributed by atoms with E-state index in [1.165, 1.54) is 32.0 Å². The van der Waals surface area contributed by atoms with E-state index in [1.807, 2.05) is 6.07 Å². The van der Waals surface area contributed by atoms with Crippen LogP contribution in [0.25, 0.3) is 33.7 Å². The molecule has 0 heterocycles. The maximum Gasteiger partial charge on any atom is 0.0390 e. The largest absolute Gasteiger partial charge is 0.356 e. The van der Waals surface area contributed by atoms with Gasteiger partial charge in [-0.3, -0.25) is 0 Å². The van der Waals surface area contributed by atoms with Crippen LogP contribution in [0.5, 0.6) is 0 Å². The van der Waals surface area contributed by atoms with Gasteiger partial charge in [-0.1, -0.05) is 67.6 Å². The third-order valence-electron chi connectivity index (χ3n) is 4.87. The number of hydrogen-bond acceptors (Lipinski definition) is 1. The van der Waals surface area contributed by atoms with Crippen LogP contribution in [-0.4, -0.2) is 0 Å². The lowest BCUT2D eigenvalue weighted by Gasteiger charge is -2.11. The SMILES string of the molecule is C/C=c1\c(=C/CC)c2ccc(Nc3ccccc3)cc2c2ccccc12. The first-order chi connectivity index (χ1) is 12.8. The normalized spacial score (nSPS) is 12.8. The standard InChI is InChI=1S/C25H23N/c1-3-10-21-20(4-2)22-13-8-9-14-23(22)25-17-19(15-16-24(21)25)26-18-11-6-5-7-12-18/h4-17,26H,3H2,1-2H3/b20-4+,21-10+. The number of rotatable bonds is 3. The lowest BCUT2D eigenvalue weighted by molar-refractivity contribution is 1.29. The summed E-state index contributed by atoms with van der Waals surface area (Å²) in [6, 6.07) is 25.7. The highest BCUT2D eigenvalue weighted by atomic mass is 14.9. The lowest BCUT2D eigenvalue weighted by Crippen LogP contribution is -2.26. The van der Waals surface area contributed by atoms with Gasteiger partial charge in [-0.2, -0.15) is 0 Å². The van der Waals surface area contributed by atoms with Crippen molar-refractivity contribution in [3.05, 3.63) is 83.2 Å². The van der Waals surface area contributed by atoms with Gasteiger partial charge in [0, 0.05) is 11.4 Å². The summed E-state index contributed by atoms with van der Waals surface area (Å²) < 4.78 is 0. The molecule has 0 aliphatic carbocycles. The van der Waals surface area contributed by atoms with Gasteiger partial charge in [-0.25, -0.2) is 0 Å². The Morgan fingerprint density at radius 2 is 1.38 bits per heavy atom.